The molecule has 1 aliphatic rings. The predicted octanol–water partition coefficient (Wildman–Crippen LogP) is 1.13. The summed E-state index contributed by atoms with van der Waals surface area (Å²) in [5.41, 5.74) is 1.50. The number of thiophene rings is 1. The summed E-state index contributed by atoms with van der Waals surface area (Å²) in [5.74, 6) is 1.04. The van der Waals surface area contributed by atoms with E-state index in [9.17, 15) is 0 Å². The zero-order valence-corrected chi connectivity index (χ0v) is 12.4. The van der Waals surface area contributed by atoms with Crippen LogP contribution in [-0.4, -0.2) is 37.2 Å². The molecule has 1 aliphatic carbocycles. The molecule has 0 atom stereocenters. The molecule has 102 valence electrons. The van der Waals surface area contributed by atoms with E-state index >= 15 is 0 Å². The summed E-state index contributed by atoms with van der Waals surface area (Å²) in [6, 6.07) is 0. The Balaban J connectivity index is 1.79. The van der Waals surface area contributed by atoms with Crippen LogP contribution in [0.3, 0.4) is 0 Å². The summed E-state index contributed by atoms with van der Waals surface area (Å²) in [5, 5.41) is 4.79. The molecule has 2 heterocycles. The SMILES string of the molecule is C[NH+](C)CCCNc1ncnc2sc3c(c12)CCC3. The first kappa shape index (κ1) is 12.8. The van der Waals surface area contributed by atoms with Gasteiger partial charge in [-0.2, -0.15) is 0 Å². The Kier molecular flexibility index (Phi) is 3.66. The van der Waals surface area contributed by atoms with Crippen molar-refractivity contribution in [2.75, 3.05) is 32.5 Å². The molecule has 0 fully saturated rings. The van der Waals surface area contributed by atoms with Crippen LogP contribution in [0.2, 0.25) is 0 Å². The van der Waals surface area contributed by atoms with Crippen LogP contribution in [-0.2, 0) is 12.8 Å². The van der Waals surface area contributed by atoms with Gasteiger partial charge in [-0.15, -0.1) is 11.3 Å². The highest BCUT2D eigenvalue weighted by Crippen LogP contribution is 2.38. The third-order valence-electron chi connectivity index (χ3n) is 3.65. The Morgan fingerprint density at radius 3 is 3.05 bits per heavy atom. The smallest absolute Gasteiger partial charge is 0.138 e. The van der Waals surface area contributed by atoms with Gasteiger partial charge in [-0.25, -0.2) is 9.97 Å². The summed E-state index contributed by atoms with van der Waals surface area (Å²) < 4.78 is 0. The number of quaternary nitrogens is 1. The van der Waals surface area contributed by atoms with Gasteiger partial charge in [0.05, 0.1) is 26.0 Å². The molecule has 0 aliphatic heterocycles. The highest BCUT2D eigenvalue weighted by Gasteiger charge is 2.20. The summed E-state index contributed by atoms with van der Waals surface area (Å²) in [6.45, 7) is 2.17. The Morgan fingerprint density at radius 1 is 1.32 bits per heavy atom. The third-order valence-corrected chi connectivity index (χ3v) is 4.85. The highest BCUT2D eigenvalue weighted by molar-refractivity contribution is 7.19. The molecule has 2 aromatic rings. The average Bonchev–Trinajstić information content (AvgIpc) is 2.94. The van der Waals surface area contributed by atoms with Crippen molar-refractivity contribution < 1.29 is 4.90 Å². The Hall–Kier alpha value is -1.20. The van der Waals surface area contributed by atoms with E-state index in [0.717, 1.165) is 17.2 Å². The lowest BCUT2D eigenvalue weighted by atomic mass is 10.2. The summed E-state index contributed by atoms with van der Waals surface area (Å²) >= 11 is 1.85. The fourth-order valence-corrected chi connectivity index (χ4v) is 3.94. The number of hydrogen-bond acceptors (Lipinski definition) is 4. The van der Waals surface area contributed by atoms with Crippen molar-refractivity contribution in [3.63, 3.8) is 0 Å². The van der Waals surface area contributed by atoms with E-state index in [2.05, 4.69) is 29.4 Å². The standard InChI is InChI=1S/C14H20N4S/c1-18(2)8-4-7-15-13-12-10-5-3-6-11(10)19-14(12)17-9-16-13/h9H,3-8H2,1-2H3,(H,15,16,17)/p+1. The van der Waals surface area contributed by atoms with Gasteiger partial charge in [0.2, 0.25) is 0 Å². The highest BCUT2D eigenvalue weighted by atomic mass is 32.1. The van der Waals surface area contributed by atoms with Gasteiger partial charge in [-0.1, -0.05) is 0 Å². The fraction of sp³-hybridized carbons (Fsp3) is 0.571. The van der Waals surface area contributed by atoms with Crippen molar-refractivity contribution in [3.8, 4) is 0 Å². The number of aromatic nitrogens is 2. The lowest BCUT2D eigenvalue weighted by molar-refractivity contribution is -0.858. The number of rotatable bonds is 5. The van der Waals surface area contributed by atoms with E-state index in [1.165, 1.54) is 53.0 Å². The molecule has 0 saturated heterocycles. The number of nitrogens with zero attached hydrogens (tertiary/aromatic N) is 2. The zero-order chi connectivity index (χ0) is 13.2. The fourth-order valence-electron chi connectivity index (χ4n) is 2.71. The van der Waals surface area contributed by atoms with Crippen molar-refractivity contribution in [1.29, 1.82) is 0 Å². The monoisotopic (exact) mass is 277 g/mol. The van der Waals surface area contributed by atoms with Gasteiger partial charge >= 0.3 is 0 Å². The average molecular weight is 277 g/mol. The molecule has 0 radical (unpaired) electrons. The minimum absolute atomic E-state index is 0.988. The Bertz CT molecular complexity index is 576. The molecule has 19 heavy (non-hydrogen) atoms. The molecule has 0 unspecified atom stereocenters. The van der Waals surface area contributed by atoms with Crippen LogP contribution in [0.25, 0.3) is 10.2 Å². The van der Waals surface area contributed by atoms with Gasteiger partial charge in [0.25, 0.3) is 0 Å². The minimum atomic E-state index is 0.988. The van der Waals surface area contributed by atoms with Crippen LogP contribution >= 0.6 is 11.3 Å². The van der Waals surface area contributed by atoms with Crippen molar-refractivity contribution in [2.45, 2.75) is 25.7 Å². The van der Waals surface area contributed by atoms with E-state index in [4.69, 9.17) is 0 Å². The van der Waals surface area contributed by atoms with Crippen molar-refractivity contribution in [3.05, 3.63) is 16.8 Å². The first-order chi connectivity index (χ1) is 9.25. The Morgan fingerprint density at radius 2 is 2.21 bits per heavy atom. The molecule has 0 saturated carbocycles. The molecule has 2 aromatic heterocycles. The van der Waals surface area contributed by atoms with Crippen LogP contribution in [0, 0.1) is 0 Å². The molecular formula is C14H21N4S+. The molecule has 0 spiro atoms. The lowest BCUT2D eigenvalue weighted by Gasteiger charge is -2.09. The van der Waals surface area contributed by atoms with Crippen LogP contribution in [0.4, 0.5) is 5.82 Å². The zero-order valence-electron chi connectivity index (χ0n) is 11.6. The summed E-state index contributed by atoms with van der Waals surface area (Å²) in [6.07, 6.45) is 6.56. The summed E-state index contributed by atoms with van der Waals surface area (Å²) in [7, 11) is 4.38. The number of nitrogens with one attached hydrogen (secondary N) is 2. The largest absolute Gasteiger partial charge is 0.369 e. The predicted molar refractivity (Wildman–Crippen MR) is 80.2 cm³/mol. The number of hydrogen-bond donors (Lipinski definition) is 2. The van der Waals surface area contributed by atoms with Gasteiger partial charge in [0, 0.05) is 17.8 Å². The van der Waals surface area contributed by atoms with Gasteiger partial charge in [-0.3, -0.25) is 0 Å². The Labute approximate surface area is 117 Å². The first-order valence-electron chi connectivity index (χ1n) is 7.04. The molecule has 4 nitrogen and oxygen atoms in total. The number of anilines is 1. The van der Waals surface area contributed by atoms with E-state index in [1.54, 1.807) is 6.33 Å². The molecule has 5 heteroatoms. The lowest BCUT2D eigenvalue weighted by Crippen LogP contribution is -3.05. The second-order valence-electron chi connectivity index (χ2n) is 5.50. The second-order valence-corrected chi connectivity index (χ2v) is 6.58. The van der Waals surface area contributed by atoms with E-state index in [0.29, 0.717) is 0 Å². The van der Waals surface area contributed by atoms with Gasteiger partial charge in [0.1, 0.15) is 17.0 Å². The third kappa shape index (κ3) is 2.58. The van der Waals surface area contributed by atoms with Crippen LogP contribution in [0.5, 0.6) is 0 Å². The van der Waals surface area contributed by atoms with Crippen molar-refractivity contribution in [1.82, 2.24) is 9.97 Å². The summed E-state index contributed by atoms with van der Waals surface area (Å²) in [4.78, 5) is 13.0. The van der Waals surface area contributed by atoms with E-state index in [1.807, 2.05) is 11.3 Å². The quantitative estimate of drug-likeness (QED) is 0.805. The normalized spacial score (nSPS) is 14.3. The molecule has 2 N–H and O–H groups in total. The van der Waals surface area contributed by atoms with Crippen LogP contribution < -0.4 is 10.2 Å². The number of fused-ring (bicyclic) bond motifs is 3. The van der Waals surface area contributed by atoms with Gasteiger partial charge < -0.3 is 10.2 Å². The molecule has 0 amide bonds. The van der Waals surface area contributed by atoms with Crippen LogP contribution in [0.15, 0.2) is 6.33 Å². The minimum Gasteiger partial charge on any atom is -0.369 e. The van der Waals surface area contributed by atoms with E-state index in [-0.39, 0.29) is 0 Å². The van der Waals surface area contributed by atoms with Gasteiger partial charge in [-0.05, 0) is 24.8 Å². The van der Waals surface area contributed by atoms with E-state index < -0.39 is 0 Å². The van der Waals surface area contributed by atoms with Gasteiger partial charge in [0.15, 0.2) is 0 Å². The second kappa shape index (κ2) is 5.43. The van der Waals surface area contributed by atoms with Crippen molar-refractivity contribution in [2.24, 2.45) is 0 Å². The maximum atomic E-state index is 4.45. The first-order valence-corrected chi connectivity index (χ1v) is 7.85. The molecule has 0 bridgehead atoms. The molecule has 0 aromatic carbocycles. The van der Waals surface area contributed by atoms with Crippen LogP contribution in [0.1, 0.15) is 23.3 Å². The topological polar surface area (TPSA) is 42.2 Å². The van der Waals surface area contributed by atoms with Crippen molar-refractivity contribution >= 4 is 27.4 Å². The molecule has 3 rings (SSSR count). The maximum Gasteiger partial charge on any atom is 0.138 e. The number of aryl methyl sites for hydroxylation is 2. The molecular weight excluding hydrogens is 256 g/mol. The maximum absolute atomic E-state index is 4.45.